The molecule has 0 aliphatic carbocycles. The minimum absolute atomic E-state index is 0.197. The van der Waals surface area contributed by atoms with Crippen LogP contribution < -0.4 is 14.8 Å². The second-order valence-corrected chi connectivity index (χ2v) is 4.57. The molecule has 0 bridgehead atoms. The van der Waals surface area contributed by atoms with Crippen molar-refractivity contribution in [2.75, 3.05) is 20.3 Å². The molecule has 2 aromatic rings. The highest BCUT2D eigenvalue weighted by Gasteiger charge is 2.02. The number of hydrogen-bond donors (Lipinski definition) is 1. The standard InChI is InChI=1S/C17H19NO4/c1-13-7-8-14(22-13)9-10-17(19)18-11-12-21-16-6-4-3-5-15(16)20-2/h3-10H,11-12H2,1-2H3,(H,18,19)/b10-9+. The van der Waals surface area contributed by atoms with Crippen molar-refractivity contribution in [3.05, 3.63) is 54.0 Å². The van der Waals surface area contributed by atoms with Crippen LogP contribution in [0, 0.1) is 6.92 Å². The molecular weight excluding hydrogens is 282 g/mol. The van der Waals surface area contributed by atoms with Crippen LogP contribution in [0.2, 0.25) is 0 Å². The second-order valence-electron chi connectivity index (χ2n) is 4.57. The molecule has 5 heteroatoms. The van der Waals surface area contributed by atoms with Gasteiger partial charge in [-0.2, -0.15) is 0 Å². The van der Waals surface area contributed by atoms with Gasteiger partial charge in [0, 0.05) is 6.08 Å². The van der Waals surface area contributed by atoms with Crippen LogP contribution in [0.1, 0.15) is 11.5 Å². The molecule has 1 aromatic carbocycles. The molecule has 1 amide bonds. The van der Waals surface area contributed by atoms with Crippen molar-refractivity contribution >= 4 is 12.0 Å². The summed E-state index contributed by atoms with van der Waals surface area (Å²) < 4.78 is 16.1. The maximum atomic E-state index is 11.6. The molecule has 0 radical (unpaired) electrons. The number of nitrogens with one attached hydrogen (secondary N) is 1. The lowest BCUT2D eigenvalue weighted by Gasteiger charge is -2.10. The molecule has 0 unspecified atom stereocenters. The predicted octanol–water partition coefficient (Wildman–Crippen LogP) is 2.81. The number of methoxy groups -OCH3 is 1. The number of para-hydroxylation sites is 2. The summed E-state index contributed by atoms with van der Waals surface area (Å²) in [5.41, 5.74) is 0. The Bertz CT molecular complexity index is 646. The average Bonchev–Trinajstić information content (AvgIpc) is 2.95. The largest absolute Gasteiger partial charge is 0.493 e. The van der Waals surface area contributed by atoms with Crippen molar-refractivity contribution < 1.29 is 18.7 Å². The summed E-state index contributed by atoms with van der Waals surface area (Å²) in [6, 6.07) is 11.0. The van der Waals surface area contributed by atoms with Crippen LogP contribution in [0.25, 0.3) is 6.08 Å². The van der Waals surface area contributed by atoms with Crippen molar-refractivity contribution in [1.82, 2.24) is 5.32 Å². The van der Waals surface area contributed by atoms with E-state index < -0.39 is 0 Å². The van der Waals surface area contributed by atoms with Crippen LogP contribution >= 0.6 is 0 Å². The van der Waals surface area contributed by atoms with Crippen molar-refractivity contribution in [2.45, 2.75) is 6.92 Å². The van der Waals surface area contributed by atoms with Crippen LogP contribution in [0.5, 0.6) is 11.5 Å². The highest BCUT2D eigenvalue weighted by Crippen LogP contribution is 2.25. The Morgan fingerprint density at radius 3 is 2.68 bits per heavy atom. The molecule has 22 heavy (non-hydrogen) atoms. The Morgan fingerprint density at radius 1 is 1.23 bits per heavy atom. The van der Waals surface area contributed by atoms with Gasteiger partial charge in [-0.05, 0) is 37.3 Å². The van der Waals surface area contributed by atoms with E-state index in [4.69, 9.17) is 13.9 Å². The Kier molecular flexibility index (Phi) is 5.65. The summed E-state index contributed by atoms with van der Waals surface area (Å²) in [5.74, 6) is 2.59. The van der Waals surface area contributed by atoms with E-state index in [1.807, 2.05) is 43.3 Å². The number of aryl methyl sites for hydroxylation is 1. The summed E-state index contributed by atoms with van der Waals surface area (Å²) in [6.07, 6.45) is 3.06. The van der Waals surface area contributed by atoms with Crippen molar-refractivity contribution in [2.24, 2.45) is 0 Å². The van der Waals surface area contributed by atoms with Gasteiger partial charge >= 0.3 is 0 Å². The number of rotatable bonds is 7. The fourth-order valence-electron chi connectivity index (χ4n) is 1.83. The van der Waals surface area contributed by atoms with Gasteiger partial charge in [-0.3, -0.25) is 4.79 Å². The number of benzene rings is 1. The number of hydrogen-bond acceptors (Lipinski definition) is 4. The van der Waals surface area contributed by atoms with Gasteiger partial charge in [0.2, 0.25) is 5.91 Å². The van der Waals surface area contributed by atoms with E-state index >= 15 is 0 Å². The van der Waals surface area contributed by atoms with E-state index in [9.17, 15) is 4.79 Å². The minimum atomic E-state index is -0.197. The van der Waals surface area contributed by atoms with Crippen LogP contribution in [0.4, 0.5) is 0 Å². The van der Waals surface area contributed by atoms with E-state index in [-0.39, 0.29) is 5.91 Å². The van der Waals surface area contributed by atoms with Crippen LogP contribution in [-0.2, 0) is 4.79 Å². The number of carbonyl (C=O) groups excluding carboxylic acids is 1. The number of ether oxygens (including phenoxy) is 2. The number of amides is 1. The van der Waals surface area contributed by atoms with Crippen molar-refractivity contribution in [1.29, 1.82) is 0 Å². The van der Waals surface area contributed by atoms with Crippen LogP contribution in [0.3, 0.4) is 0 Å². The average molecular weight is 301 g/mol. The molecule has 5 nitrogen and oxygen atoms in total. The summed E-state index contributed by atoms with van der Waals surface area (Å²) in [6.45, 7) is 2.62. The molecule has 0 aliphatic heterocycles. The van der Waals surface area contributed by atoms with E-state index in [1.54, 1.807) is 13.2 Å². The molecule has 0 saturated carbocycles. The zero-order chi connectivity index (χ0) is 15.8. The zero-order valence-electron chi connectivity index (χ0n) is 12.7. The fourth-order valence-corrected chi connectivity index (χ4v) is 1.83. The van der Waals surface area contributed by atoms with Crippen LogP contribution in [0.15, 0.2) is 46.9 Å². The summed E-state index contributed by atoms with van der Waals surface area (Å²) in [7, 11) is 1.59. The molecule has 0 spiro atoms. The molecular formula is C17H19NO4. The van der Waals surface area contributed by atoms with Gasteiger partial charge in [0.1, 0.15) is 18.1 Å². The highest BCUT2D eigenvalue weighted by molar-refractivity contribution is 5.91. The van der Waals surface area contributed by atoms with Gasteiger partial charge in [0.05, 0.1) is 13.7 Å². The molecule has 2 rings (SSSR count). The quantitative estimate of drug-likeness (QED) is 0.631. The normalized spacial score (nSPS) is 10.6. The predicted molar refractivity (Wildman–Crippen MR) is 84.0 cm³/mol. The van der Waals surface area contributed by atoms with E-state index in [1.165, 1.54) is 6.08 Å². The zero-order valence-corrected chi connectivity index (χ0v) is 12.7. The molecule has 116 valence electrons. The van der Waals surface area contributed by atoms with E-state index in [0.717, 1.165) is 5.76 Å². The monoisotopic (exact) mass is 301 g/mol. The van der Waals surface area contributed by atoms with Gasteiger partial charge in [-0.15, -0.1) is 0 Å². The third-order valence-corrected chi connectivity index (χ3v) is 2.89. The third-order valence-electron chi connectivity index (χ3n) is 2.89. The lowest BCUT2D eigenvalue weighted by Crippen LogP contribution is -2.26. The molecule has 0 aliphatic rings. The Hall–Kier alpha value is -2.69. The van der Waals surface area contributed by atoms with E-state index in [0.29, 0.717) is 30.4 Å². The first kappa shape index (κ1) is 15.7. The maximum Gasteiger partial charge on any atom is 0.244 e. The summed E-state index contributed by atoms with van der Waals surface area (Å²) in [5, 5.41) is 2.73. The first-order valence-electron chi connectivity index (χ1n) is 6.97. The Labute approximate surface area is 129 Å². The van der Waals surface area contributed by atoms with Gasteiger partial charge in [0.15, 0.2) is 11.5 Å². The second kappa shape index (κ2) is 7.93. The highest BCUT2D eigenvalue weighted by atomic mass is 16.5. The van der Waals surface area contributed by atoms with Crippen LogP contribution in [-0.4, -0.2) is 26.2 Å². The minimum Gasteiger partial charge on any atom is -0.493 e. The molecule has 0 saturated heterocycles. The SMILES string of the molecule is COc1ccccc1OCCNC(=O)/C=C/c1ccc(C)o1. The van der Waals surface area contributed by atoms with Crippen molar-refractivity contribution in [3.63, 3.8) is 0 Å². The van der Waals surface area contributed by atoms with Gasteiger partial charge in [0.25, 0.3) is 0 Å². The third kappa shape index (κ3) is 4.70. The van der Waals surface area contributed by atoms with Gasteiger partial charge < -0.3 is 19.2 Å². The summed E-state index contributed by atoms with van der Waals surface area (Å²) in [4.78, 5) is 11.6. The van der Waals surface area contributed by atoms with Gasteiger partial charge in [-0.1, -0.05) is 12.1 Å². The fraction of sp³-hybridized carbons (Fsp3) is 0.235. The molecule has 1 N–H and O–H groups in total. The van der Waals surface area contributed by atoms with Gasteiger partial charge in [-0.25, -0.2) is 0 Å². The number of furan rings is 1. The molecule has 1 aromatic heterocycles. The lowest BCUT2D eigenvalue weighted by atomic mass is 10.3. The lowest BCUT2D eigenvalue weighted by molar-refractivity contribution is -0.116. The molecule has 1 heterocycles. The molecule has 0 fully saturated rings. The van der Waals surface area contributed by atoms with Crippen molar-refractivity contribution in [3.8, 4) is 11.5 Å². The summed E-state index contributed by atoms with van der Waals surface area (Å²) >= 11 is 0. The van der Waals surface area contributed by atoms with E-state index in [2.05, 4.69) is 5.32 Å². The Morgan fingerprint density at radius 2 is 2.00 bits per heavy atom. The smallest absolute Gasteiger partial charge is 0.244 e. The first-order valence-corrected chi connectivity index (χ1v) is 6.97. The Balaban J connectivity index is 1.72. The first-order chi connectivity index (χ1) is 10.7. The maximum absolute atomic E-state index is 11.6. The number of carbonyl (C=O) groups is 1. The topological polar surface area (TPSA) is 60.7 Å². The molecule has 0 atom stereocenters.